The van der Waals surface area contributed by atoms with Crippen LogP contribution in [0.15, 0.2) is 18.2 Å². The summed E-state index contributed by atoms with van der Waals surface area (Å²) in [4.78, 5) is 11.6. The molecule has 0 aliphatic carbocycles. The van der Waals surface area contributed by atoms with Crippen LogP contribution in [0.5, 0.6) is 5.75 Å². The van der Waals surface area contributed by atoms with E-state index >= 15 is 0 Å². The number of hydrogen-bond acceptors (Lipinski definition) is 4. The Labute approximate surface area is 115 Å². The molecule has 0 heterocycles. The van der Waals surface area contributed by atoms with E-state index in [9.17, 15) is 4.79 Å². The highest BCUT2D eigenvalue weighted by atomic mass is 16.5. The number of rotatable bonds is 7. The molecule has 0 fully saturated rings. The van der Waals surface area contributed by atoms with E-state index in [1.54, 1.807) is 0 Å². The number of hydrogen-bond donors (Lipinski definition) is 1. The molecule has 4 heteroatoms. The van der Waals surface area contributed by atoms with Crippen LogP contribution in [0, 0.1) is 13.8 Å². The van der Waals surface area contributed by atoms with Gasteiger partial charge in [-0.2, -0.15) is 0 Å². The number of ether oxygens (including phenoxy) is 2. The van der Waals surface area contributed by atoms with E-state index in [2.05, 4.69) is 5.32 Å². The van der Waals surface area contributed by atoms with Crippen LogP contribution >= 0.6 is 0 Å². The standard InChI is InChI=1S/C15H23NO3/c1-5-8-16-13(15(17)18-4)10-19-14-9-11(2)6-7-12(14)3/h6-7,9,13,16H,5,8,10H2,1-4H3. The zero-order chi connectivity index (χ0) is 14.3. The molecule has 1 rings (SSSR count). The topological polar surface area (TPSA) is 47.6 Å². The maximum absolute atomic E-state index is 11.6. The lowest BCUT2D eigenvalue weighted by Gasteiger charge is -2.18. The largest absolute Gasteiger partial charge is 0.491 e. The third kappa shape index (κ3) is 4.91. The normalized spacial score (nSPS) is 12.0. The van der Waals surface area contributed by atoms with Gasteiger partial charge in [-0.3, -0.25) is 4.79 Å². The van der Waals surface area contributed by atoms with E-state index < -0.39 is 6.04 Å². The van der Waals surface area contributed by atoms with Crippen LogP contribution in [0.2, 0.25) is 0 Å². The Balaban J connectivity index is 2.64. The monoisotopic (exact) mass is 265 g/mol. The van der Waals surface area contributed by atoms with Crippen LogP contribution in [0.3, 0.4) is 0 Å². The number of carbonyl (C=O) groups excluding carboxylic acids is 1. The average molecular weight is 265 g/mol. The SMILES string of the molecule is CCCNC(COc1cc(C)ccc1C)C(=O)OC. The summed E-state index contributed by atoms with van der Waals surface area (Å²) in [6.45, 7) is 7.08. The molecule has 1 aromatic rings. The lowest BCUT2D eigenvalue weighted by Crippen LogP contribution is -2.42. The molecule has 1 aromatic carbocycles. The predicted octanol–water partition coefficient (Wildman–Crippen LogP) is 2.22. The molecule has 106 valence electrons. The third-order valence-electron chi connectivity index (χ3n) is 2.88. The third-order valence-corrected chi connectivity index (χ3v) is 2.88. The molecule has 0 aromatic heterocycles. The molecule has 0 aliphatic rings. The van der Waals surface area contributed by atoms with Crippen molar-refractivity contribution in [2.75, 3.05) is 20.3 Å². The molecule has 0 spiro atoms. The zero-order valence-electron chi connectivity index (χ0n) is 12.2. The number of methoxy groups -OCH3 is 1. The van der Waals surface area contributed by atoms with Crippen molar-refractivity contribution in [3.05, 3.63) is 29.3 Å². The Bertz CT molecular complexity index is 418. The Morgan fingerprint density at radius 1 is 1.37 bits per heavy atom. The summed E-state index contributed by atoms with van der Waals surface area (Å²) < 4.78 is 10.5. The van der Waals surface area contributed by atoms with E-state index in [0.29, 0.717) is 0 Å². The summed E-state index contributed by atoms with van der Waals surface area (Å²) >= 11 is 0. The van der Waals surface area contributed by atoms with E-state index in [1.165, 1.54) is 7.11 Å². The van der Waals surface area contributed by atoms with Gasteiger partial charge in [-0.1, -0.05) is 19.1 Å². The van der Waals surface area contributed by atoms with E-state index in [1.807, 2.05) is 39.0 Å². The van der Waals surface area contributed by atoms with Crippen LogP contribution in [-0.4, -0.2) is 32.3 Å². The Morgan fingerprint density at radius 2 is 2.11 bits per heavy atom. The lowest BCUT2D eigenvalue weighted by molar-refractivity contribution is -0.143. The van der Waals surface area contributed by atoms with Crippen molar-refractivity contribution >= 4 is 5.97 Å². The van der Waals surface area contributed by atoms with E-state index in [4.69, 9.17) is 9.47 Å². The molecule has 1 atom stereocenters. The van der Waals surface area contributed by atoms with Crippen molar-refractivity contribution in [1.29, 1.82) is 0 Å². The molecule has 1 unspecified atom stereocenters. The predicted molar refractivity (Wildman–Crippen MR) is 75.5 cm³/mol. The second kappa shape index (κ2) is 7.79. The number of benzene rings is 1. The molecule has 0 saturated carbocycles. The smallest absolute Gasteiger partial charge is 0.326 e. The Morgan fingerprint density at radius 3 is 2.74 bits per heavy atom. The maximum atomic E-state index is 11.6. The molecular weight excluding hydrogens is 242 g/mol. The van der Waals surface area contributed by atoms with Crippen LogP contribution < -0.4 is 10.1 Å². The highest BCUT2D eigenvalue weighted by molar-refractivity contribution is 5.75. The van der Waals surface area contributed by atoms with E-state index in [0.717, 1.165) is 29.8 Å². The fraction of sp³-hybridized carbons (Fsp3) is 0.533. The van der Waals surface area contributed by atoms with Crippen LogP contribution in [0.25, 0.3) is 0 Å². The minimum atomic E-state index is -0.426. The molecule has 0 radical (unpaired) electrons. The first-order chi connectivity index (χ1) is 9.08. The highest BCUT2D eigenvalue weighted by Crippen LogP contribution is 2.19. The lowest BCUT2D eigenvalue weighted by atomic mass is 10.1. The van der Waals surface area contributed by atoms with E-state index in [-0.39, 0.29) is 12.6 Å². The second-order valence-corrected chi connectivity index (χ2v) is 4.61. The van der Waals surface area contributed by atoms with Gasteiger partial charge in [0.1, 0.15) is 18.4 Å². The molecule has 0 bridgehead atoms. The fourth-order valence-electron chi connectivity index (χ4n) is 1.71. The van der Waals surface area contributed by atoms with Gasteiger partial charge in [-0.25, -0.2) is 0 Å². The average Bonchev–Trinajstić information content (AvgIpc) is 2.41. The Hall–Kier alpha value is -1.55. The summed E-state index contributed by atoms with van der Waals surface area (Å²) in [5.74, 6) is 0.519. The van der Waals surface area contributed by atoms with Crippen molar-refractivity contribution in [3.63, 3.8) is 0 Å². The Kier molecular flexibility index (Phi) is 6.36. The maximum Gasteiger partial charge on any atom is 0.326 e. The fourth-order valence-corrected chi connectivity index (χ4v) is 1.71. The van der Waals surface area contributed by atoms with Crippen molar-refractivity contribution < 1.29 is 14.3 Å². The van der Waals surface area contributed by atoms with Gasteiger partial charge < -0.3 is 14.8 Å². The van der Waals surface area contributed by atoms with Crippen molar-refractivity contribution in [2.24, 2.45) is 0 Å². The molecule has 0 saturated heterocycles. The summed E-state index contributed by atoms with van der Waals surface area (Å²) in [7, 11) is 1.39. The van der Waals surface area contributed by atoms with Gasteiger partial charge in [0.2, 0.25) is 0 Å². The number of carbonyl (C=O) groups is 1. The first-order valence-corrected chi connectivity index (χ1v) is 6.59. The summed E-state index contributed by atoms with van der Waals surface area (Å²) in [5, 5.41) is 3.12. The first kappa shape index (κ1) is 15.5. The van der Waals surface area contributed by atoms with Crippen LogP contribution in [0.4, 0.5) is 0 Å². The number of nitrogens with one attached hydrogen (secondary N) is 1. The van der Waals surface area contributed by atoms with Crippen molar-refractivity contribution in [3.8, 4) is 5.75 Å². The molecule has 0 aliphatic heterocycles. The van der Waals surface area contributed by atoms with Gasteiger partial charge in [0.25, 0.3) is 0 Å². The quantitative estimate of drug-likeness (QED) is 0.768. The summed E-state index contributed by atoms with van der Waals surface area (Å²) in [6.07, 6.45) is 0.955. The second-order valence-electron chi connectivity index (χ2n) is 4.61. The van der Waals surface area contributed by atoms with Gasteiger partial charge in [0, 0.05) is 0 Å². The first-order valence-electron chi connectivity index (χ1n) is 6.59. The van der Waals surface area contributed by atoms with Crippen LogP contribution in [-0.2, 0) is 9.53 Å². The minimum absolute atomic E-state index is 0.275. The zero-order valence-corrected chi connectivity index (χ0v) is 12.2. The molecule has 0 amide bonds. The summed E-state index contributed by atoms with van der Waals surface area (Å²) in [6, 6.07) is 5.60. The van der Waals surface area contributed by atoms with Gasteiger partial charge in [-0.05, 0) is 44.0 Å². The summed E-state index contributed by atoms with van der Waals surface area (Å²) in [5.41, 5.74) is 2.20. The van der Waals surface area contributed by atoms with Gasteiger partial charge >= 0.3 is 5.97 Å². The molecular formula is C15H23NO3. The molecule has 1 N–H and O–H groups in total. The highest BCUT2D eigenvalue weighted by Gasteiger charge is 2.19. The molecule has 4 nitrogen and oxygen atoms in total. The van der Waals surface area contributed by atoms with Gasteiger partial charge in [0.05, 0.1) is 7.11 Å². The number of aryl methyl sites for hydroxylation is 2. The number of esters is 1. The molecule has 19 heavy (non-hydrogen) atoms. The van der Waals surface area contributed by atoms with Gasteiger partial charge in [0.15, 0.2) is 0 Å². The van der Waals surface area contributed by atoms with Crippen molar-refractivity contribution in [2.45, 2.75) is 33.2 Å². The van der Waals surface area contributed by atoms with Gasteiger partial charge in [-0.15, -0.1) is 0 Å². The van der Waals surface area contributed by atoms with Crippen LogP contribution in [0.1, 0.15) is 24.5 Å². The van der Waals surface area contributed by atoms with Crippen molar-refractivity contribution in [1.82, 2.24) is 5.32 Å². The minimum Gasteiger partial charge on any atom is -0.491 e.